The van der Waals surface area contributed by atoms with E-state index in [-0.39, 0.29) is 24.1 Å². The van der Waals surface area contributed by atoms with Gasteiger partial charge in [-0.3, -0.25) is 4.90 Å². The molecule has 0 amide bonds. The Morgan fingerprint density at radius 2 is 1.57 bits per heavy atom. The third-order valence-corrected chi connectivity index (χ3v) is 8.68. The average molecular weight is 643 g/mol. The van der Waals surface area contributed by atoms with E-state index in [1.165, 1.54) is 5.56 Å². The molecule has 0 aromatic heterocycles. The molecule has 3 aromatic rings. The van der Waals surface area contributed by atoms with Crippen molar-refractivity contribution in [3.63, 3.8) is 0 Å². The van der Waals surface area contributed by atoms with Crippen molar-refractivity contribution in [2.24, 2.45) is 11.8 Å². The molecule has 1 N–H and O–H groups in total. The number of hydrogen-bond acceptors (Lipinski definition) is 6. The summed E-state index contributed by atoms with van der Waals surface area (Å²) < 4.78 is 70.5. The average Bonchev–Trinajstić information content (AvgIpc) is 3.45. The zero-order valence-electron chi connectivity index (χ0n) is 26.7. The Balaban J connectivity index is 1.04. The quantitative estimate of drug-likeness (QED) is 0.126. The van der Waals surface area contributed by atoms with Crippen LogP contribution >= 0.6 is 0 Å². The summed E-state index contributed by atoms with van der Waals surface area (Å²) in [4.78, 5) is 14.7. The van der Waals surface area contributed by atoms with Gasteiger partial charge in [-0.05, 0) is 77.8 Å². The number of ether oxygens (including phenoxy) is 3. The van der Waals surface area contributed by atoms with Gasteiger partial charge >= 0.3 is 12.1 Å². The maximum absolute atomic E-state index is 14.2. The molecule has 1 aliphatic heterocycles. The van der Waals surface area contributed by atoms with Gasteiger partial charge in [-0.2, -0.15) is 13.2 Å². The monoisotopic (exact) mass is 642 g/mol. The zero-order chi connectivity index (χ0) is 33.1. The predicted molar refractivity (Wildman–Crippen MR) is 167 cm³/mol. The Hall–Kier alpha value is -3.63. The Morgan fingerprint density at radius 1 is 0.935 bits per heavy atom. The number of esters is 1. The number of benzene rings is 3. The second-order valence-corrected chi connectivity index (χ2v) is 13.1. The van der Waals surface area contributed by atoms with Gasteiger partial charge < -0.3 is 19.5 Å². The maximum Gasteiger partial charge on any atom is 0.416 e. The number of fused-ring (bicyclic) bond motifs is 1. The van der Waals surface area contributed by atoms with Gasteiger partial charge in [0.25, 0.3) is 0 Å². The van der Waals surface area contributed by atoms with E-state index in [0.717, 1.165) is 36.9 Å². The van der Waals surface area contributed by atoms with Crippen molar-refractivity contribution >= 4 is 5.97 Å². The highest BCUT2D eigenvalue weighted by Crippen LogP contribution is 2.46. The molecular weight excluding hydrogens is 600 g/mol. The van der Waals surface area contributed by atoms with Crippen molar-refractivity contribution in [2.75, 3.05) is 32.8 Å². The molecule has 10 heteroatoms. The number of rotatable bonds is 13. The summed E-state index contributed by atoms with van der Waals surface area (Å²) in [6, 6.07) is 18.3. The lowest BCUT2D eigenvalue weighted by atomic mass is 9.87. The fourth-order valence-corrected chi connectivity index (χ4v) is 6.10. The number of halogens is 4. The number of nitrogens with zero attached hydrogens (tertiary/aromatic N) is 1. The summed E-state index contributed by atoms with van der Waals surface area (Å²) in [6.45, 7) is 11.2. The van der Waals surface area contributed by atoms with Gasteiger partial charge in [0.05, 0.1) is 12.2 Å². The molecule has 46 heavy (non-hydrogen) atoms. The molecule has 1 saturated carbocycles. The first-order valence-corrected chi connectivity index (χ1v) is 15.8. The minimum atomic E-state index is -4.49. The van der Waals surface area contributed by atoms with E-state index in [1.54, 1.807) is 6.92 Å². The fraction of sp³-hybridized carbons (Fsp3) is 0.472. The summed E-state index contributed by atoms with van der Waals surface area (Å²) in [6.07, 6.45) is -4.92. The lowest BCUT2D eigenvalue weighted by Crippen LogP contribution is -2.33. The second kappa shape index (κ2) is 14.0. The first-order chi connectivity index (χ1) is 21.8. The highest BCUT2D eigenvalue weighted by Gasteiger charge is 2.55. The van der Waals surface area contributed by atoms with Crippen molar-refractivity contribution in [2.45, 2.75) is 64.4 Å². The molecule has 1 unspecified atom stereocenters. The van der Waals surface area contributed by atoms with Gasteiger partial charge in [0.15, 0.2) is 6.10 Å². The molecule has 0 spiro atoms. The van der Waals surface area contributed by atoms with E-state index in [2.05, 4.69) is 26.1 Å². The Labute approximate surface area is 268 Å². The van der Waals surface area contributed by atoms with Crippen LogP contribution in [0.3, 0.4) is 0 Å². The fourth-order valence-electron chi connectivity index (χ4n) is 6.10. The van der Waals surface area contributed by atoms with E-state index in [0.29, 0.717) is 48.9 Å². The SMILES string of the molecule is CCOC(=O)[C@H](Cc1ccc(OCCN[C@H]2C3CN(Cc4cc(C(F)(F)F)ccc4F)C[C@@H]32)cc1)Oc1ccc(C(C)(C)C)cc1. The summed E-state index contributed by atoms with van der Waals surface area (Å²) in [5, 5.41) is 3.51. The molecule has 2 aliphatic rings. The number of nitrogens with one attached hydrogen (secondary N) is 1. The van der Waals surface area contributed by atoms with E-state index in [4.69, 9.17) is 14.2 Å². The minimum absolute atomic E-state index is 0.0156. The van der Waals surface area contributed by atoms with Crippen LogP contribution in [-0.2, 0) is 34.1 Å². The minimum Gasteiger partial charge on any atom is -0.492 e. The highest BCUT2D eigenvalue weighted by molar-refractivity contribution is 5.75. The van der Waals surface area contributed by atoms with Crippen LogP contribution in [0, 0.1) is 17.7 Å². The molecule has 0 bridgehead atoms. The van der Waals surface area contributed by atoms with Gasteiger partial charge in [-0.25, -0.2) is 9.18 Å². The number of piperidine rings is 1. The van der Waals surface area contributed by atoms with E-state index < -0.39 is 29.6 Å². The largest absolute Gasteiger partial charge is 0.492 e. The summed E-state index contributed by atoms with van der Waals surface area (Å²) >= 11 is 0. The number of hydrogen-bond donors (Lipinski definition) is 1. The van der Waals surface area contributed by atoms with Gasteiger partial charge in [0.1, 0.15) is 23.9 Å². The van der Waals surface area contributed by atoms with Crippen molar-refractivity contribution < 1.29 is 36.6 Å². The Morgan fingerprint density at radius 3 is 2.17 bits per heavy atom. The van der Waals surface area contributed by atoms with Gasteiger partial charge in [0.2, 0.25) is 0 Å². The van der Waals surface area contributed by atoms with Crippen LogP contribution in [-0.4, -0.2) is 55.9 Å². The molecule has 3 aromatic carbocycles. The molecular formula is C36H42F4N2O4. The molecule has 1 aliphatic carbocycles. The molecule has 4 atom stereocenters. The van der Waals surface area contributed by atoms with Crippen molar-refractivity contribution in [3.8, 4) is 11.5 Å². The van der Waals surface area contributed by atoms with Crippen LogP contribution < -0.4 is 14.8 Å². The third-order valence-electron chi connectivity index (χ3n) is 8.68. The predicted octanol–water partition coefficient (Wildman–Crippen LogP) is 6.79. The molecule has 6 nitrogen and oxygen atoms in total. The molecule has 0 radical (unpaired) electrons. The second-order valence-electron chi connectivity index (χ2n) is 13.1. The lowest BCUT2D eigenvalue weighted by molar-refractivity contribution is -0.151. The number of alkyl halides is 3. The number of carbonyl (C=O) groups excluding carboxylic acids is 1. The van der Waals surface area contributed by atoms with Crippen molar-refractivity contribution in [3.05, 3.63) is 94.8 Å². The van der Waals surface area contributed by atoms with Crippen LogP contribution in [0.5, 0.6) is 11.5 Å². The van der Waals surface area contributed by atoms with Gasteiger partial charge in [-0.15, -0.1) is 0 Å². The standard InChI is InChI=1S/C36H42F4N2O4/c1-5-44-34(43)32(46-28-13-8-25(9-14-28)35(2,3)4)18-23-6-11-27(12-7-23)45-17-16-41-33-29-21-42(22-30(29)33)20-24-19-26(36(38,39)40)10-15-31(24)37/h6-15,19,29-30,32-33,41H,5,16-18,20-22H2,1-4H3/t29-,30?,32-,33+/m0/s1. The van der Waals surface area contributed by atoms with Crippen LogP contribution in [0.2, 0.25) is 0 Å². The normalized spacial score (nSPS) is 20.2. The number of likely N-dealkylation sites (tertiary alicyclic amines) is 1. The van der Waals surface area contributed by atoms with Crippen molar-refractivity contribution in [1.82, 2.24) is 10.2 Å². The first-order valence-electron chi connectivity index (χ1n) is 15.8. The zero-order valence-corrected chi connectivity index (χ0v) is 26.7. The lowest BCUT2D eigenvalue weighted by Gasteiger charge is -2.21. The molecule has 1 saturated heterocycles. The Kier molecular flexibility index (Phi) is 10.3. The summed E-state index contributed by atoms with van der Waals surface area (Å²) in [7, 11) is 0. The van der Waals surface area contributed by atoms with Crippen LogP contribution in [0.25, 0.3) is 0 Å². The van der Waals surface area contributed by atoms with Crippen LogP contribution in [0.4, 0.5) is 17.6 Å². The van der Waals surface area contributed by atoms with E-state index in [9.17, 15) is 22.4 Å². The molecule has 2 fully saturated rings. The van der Waals surface area contributed by atoms with Crippen molar-refractivity contribution in [1.29, 1.82) is 0 Å². The summed E-state index contributed by atoms with van der Waals surface area (Å²) in [5.74, 6) is 1.10. The Bertz CT molecular complexity index is 1460. The van der Waals surface area contributed by atoms with Crippen LogP contribution in [0.1, 0.15) is 49.9 Å². The smallest absolute Gasteiger partial charge is 0.416 e. The van der Waals surface area contributed by atoms with Gasteiger partial charge in [0, 0.05) is 44.2 Å². The molecule has 5 rings (SSSR count). The van der Waals surface area contributed by atoms with Crippen LogP contribution in [0.15, 0.2) is 66.7 Å². The highest BCUT2D eigenvalue weighted by atomic mass is 19.4. The maximum atomic E-state index is 14.2. The number of carbonyl (C=O) groups is 1. The summed E-state index contributed by atoms with van der Waals surface area (Å²) in [5.41, 5.74) is 1.36. The molecule has 1 heterocycles. The topological polar surface area (TPSA) is 60.0 Å². The molecule has 248 valence electrons. The van der Waals surface area contributed by atoms with E-state index >= 15 is 0 Å². The van der Waals surface area contributed by atoms with Gasteiger partial charge in [-0.1, -0.05) is 45.0 Å². The first kappa shape index (κ1) is 33.7. The van der Waals surface area contributed by atoms with E-state index in [1.807, 2.05) is 53.4 Å². The third kappa shape index (κ3) is 8.59.